The number of rotatable bonds is 14. The molecule has 2 rings (SSSR count). The first-order valence-electron chi connectivity index (χ1n) is 14.4. The van der Waals surface area contributed by atoms with Gasteiger partial charge in [-0.25, -0.2) is 9.59 Å². The van der Waals surface area contributed by atoms with Crippen LogP contribution in [-0.2, 0) is 19.2 Å². The van der Waals surface area contributed by atoms with Crippen LogP contribution >= 0.6 is 0 Å². The molecule has 0 amide bonds. The van der Waals surface area contributed by atoms with E-state index in [1.165, 1.54) is 0 Å². The quantitative estimate of drug-likeness (QED) is 0.160. The monoisotopic (exact) mass is 622 g/mol. The van der Waals surface area contributed by atoms with E-state index >= 15 is 0 Å². The van der Waals surface area contributed by atoms with Crippen LogP contribution in [0.4, 0.5) is 0 Å². The maximum absolute atomic E-state index is 10.2. The van der Waals surface area contributed by atoms with Gasteiger partial charge >= 0.3 is 11.9 Å². The van der Waals surface area contributed by atoms with Gasteiger partial charge in [0.1, 0.15) is 0 Å². The van der Waals surface area contributed by atoms with Crippen molar-refractivity contribution in [2.24, 2.45) is 23.7 Å². The molecule has 0 saturated heterocycles. The highest BCUT2D eigenvalue weighted by Gasteiger charge is 2.15. The third-order valence-corrected chi connectivity index (χ3v) is 6.04. The molecule has 0 bridgehead atoms. The molecule has 0 radical (unpaired) electrons. The van der Waals surface area contributed by atoms with Crippen molar-refractivity contribution in [3.05, 3.63) is 71.8 Å². The van der Waals surface area contributed by atoms with Crippen molar-refractivity contribution in [1.82, 2.24) is 0 Å². The Kier molecular flexibility index (Phi) is 23.6. The van der Waals surface area contributed by atoms with Crippen molar-refractivity contribution in [2.45, 2.75) is 65.6 Å². The summed E-state index contributed by atoms with van der Waals surface area (Å²) in [6, 6.07) is 16.5. The first-order valence-corrected chi connectivity index (χ1v) is 14.4. The summed E-state index contributed by atoms with van der Waals surface area (Å²) in [7, 11) is 0. The number of quaternary nitrogens is 2. The number of aliphatic carboxylic acids is 4. The Balaban J connectivity index is 0. The Hall–Kier alpha value is -3.84. The van der Waals surface area contributed by atoms with Crippen LogP contribution in [-0.4, -0.2) is 57.4 Å². The fourth-order valence-electron chi connectivity index (χ4n) is 3.97. The van der Waals surface area contributed by atoms with E-state index in [2.05, 4.69) is 39.2 Å². The number of benzene rings is 2. The van der Waals surface area contributed by atoms with Gasteiger partial charge in [-0.2, -0.15) is 0 Å². The standard InChI is InChI=1S/2C8H17NO2.2C8H8O3/c2*1-6(2)3-7(5-9)4-8(10)11;2*9-7(8(10)11)6-4-2-1-3-5-6/h2*6-7H,3-5,9H2,1-2H3,(H,10,11);2*1-5,7,9H,(H,10,11)/t4*7-/m0000/s1. The molecule has 10 N–H and O–H groups in total. The minimum absolute atomic E-state index is 0.154. The minimum atomic E-state index is -1.41. The van der Waals surface area contributed by atoms with Gasteiger partial charge in [0.15, 0.2) is 12.2 Å². The smallest absolute Gasteiger partial charge is 0.337 e. The Morgan fingerprint density at radius 2 is 0.886 bits per heavy atom. The molecule has 44 heavy (non-hydrogen) atoms. The van der Waals surface area contributed by atoms with E-state index in [0.29, 0.717) is 36.1 Å². The van der Waals surface area contributed by atoms with E-state index < -0.39 is 36.1 Å². The molecular weight excluding hydrogens is 572 g/mol. The fourth-order valence-corrected chi connectivity index (χ4v) is 3.97. The van der Waals surface area contributed by atoms with E-state index in [1.807, 2.05) is 0 Å². The summed E-state index contributed by atoms with van der Waals surface area (Å²) in [5.74, 6) is -2.90. The maximum Gasteiger partial charge on any atom is 0.337 e. The topological polar surface area (TPSA) is 251 Å². The Labute approximate surface area is 259 Å². The van der Waals surface area contributed by atoms with Gasteiger partial charge in [-0.1, -0.05) is 88.4 Å². The number of carbonyl (C=O) groups is 4. The second-order valence-electron chi connectivity index (χ2n) is 11.0. The molecule has 4 atom stereocenters. The highest BCUT2D eigenvalue weighted by molar-refractivity contribution is 5.74. The highest BCUT2D eigenvalue weighted by Crippen LogP contribution is 2.14. The number of hydrogen-bond donors (Lipinski definition) is 6. The van der Waals surface area contributed by atoms with Gasteiger partial charge in [0, 0.05) is 23.8 Å². The van der Waals surface area contributed by atoms with Gasteiger partial charge in [-0.15, -0.1) is 0 Å². The van der Waals surface area contributed by atoms with E-state index in [1.54, 1.807) is 60.7 Å². The lowest BCUT2D eigenvalue weighted by Crippen LogP contribution is -2.54. The average molecular weight is 623 g/mol. The zero-order valence-corrected chi connectivity index (χ0v) is 26.1. The lowest BCUT2D eigenvalue weighted by atomic mass is 9.94. The molecule has 12 heteroatoms. The number of aliphatic hydroxyl groups excluding tert-OH is 2. The summed E-state index contributed by atoms with van der Waals surface area (Å²) in [5.41, 5.74) is 8.21. The van der Waals surface area contributed by atoms with Gasteiger partial charge in [0.2, 0.25) is 0 Å². The highest BCUT2D eigenvalue weighted by atomic mass is 16.4. The molecule has 248 valence electrons. The average Bonchev–Trinajstić information content (AvgIpc) is 2.96. The van der Waals surface area contributed by atoms with Crippen molar-refractivity contribution < 1.29 is 61.3 Å². The Morgan fingerprint density at radius 1 is 0.614 bits per heavy atom. The Morgan fingerprint density at radius 3 is 1.07 bits per heavy atom. The van der Waals surface area contributed by atoms with E-state index in [4.69, 9.17) is 20.4 Å². The molecule has 0 aliphatic carbocycles. The number of carbonyl (C=O) groups excluding carboxylic acids is 2. The zero-order valence-electron chi connectivity index (χ0n) is 26.1. The molecule has 2 aromatic rings. The molecule has 0 heterocycles. The summed E-state index contributed by atoms with van der Waals surface area (Å²) >= 11 is 0. The fraction of sp³-hybridized carbons (Fsp3) is 0.500. The van der Waals surface area contributed by atoms with Crippen LogP contribution in [0.25, 0.3) is 0 Å². The van der Waals surface area contributed by atoms with Crippen molar-refractivity contribution in [3.8, 4) is 0 Å². The van der Waals surface area contributed by atoms with Gasteiger partial charge in [0.25, 0.3) is 0 Å². The van der Waals surface area contributed by atoms with E-state index in [0.717, 1.165) is 12.8 Å². The lowest BCUT2D eigenvalue weighted by Gasteiger charge is -2.15. The number of carboxylic acid groups (broad SMARTS) is 4. The molecule has 0 fully saturated rings. The van der Waals surface area contributed by atoms with Gasteiger partial charge < -0.3 is 51.7 Å². The molecule has 0 spiro atoms. The third-order valence-electron chi connectivity index (χ3n) is 6.04. The second kappa shape index (κ2) is 24.6. The minimum Gasteiger partial charge on any atom is -0.550 e. The molecule has 0 aromatic heterocycles. The third kappa shape index (κ3) is 22.7. The summed E-state index contributed by atoms with van der Waals surface area (Å²) in [6.07, 6.45) is -0.648. The van der Waals surface area contributed by atoms with Gasteiger partial charge in [-0.05, 0) is 48.6 Å². The molecule has 12 nitrogen and oxygen atoms in total. The van der Waals surface area contributed by atoms with E-state index in [-0.39, 0.29) is 24.7 Å². The molecule has 0 aliphatic rings. The summed E-state index contributed by atoms with van der Waals surface area (Å²) in [6.45, 7) is 9.70. The van der Waals surface area contributed by atoms with Crippen LogP contribution in [0.15, 0.2) is 60.7 Å². The second-order valence-corrected chi connectivity index (χ2v) is 11.0. The molecule has 2 aromatic carbocycles. The molecule has 0 aliphatic heterocycles. The SMILES string of the molecule is CC(C)C[C@H](C[NH3+])CC(=O)[O-].CC(C)C[C@H](C[NH3+])CC(=O)[O-].O=C(O)[C@@H](O)c1ccccc1.O=C(O)[C@@H](O)c1ccccc1. The van der Waals surface area contributed by atoms with Crippen molar-refractivity contribution in [2.75, 3.05) is 13.1 Å². The van der Waals surface area contributed by atoms with Crippen molar-refractivity contribution >= 4 is 23.9 Å². The normalized spacial score (nSPS) is 13.0. The van der Waals surface area contributed by atoms with Crippen LogP contribution in [0.5, 0.6) is 0 Å². The van der Waals surface area contributed by atoms with E-state index in [9.17, 15) is 29.4 Å². The Bertz CT molecular complexity index is 980. The van der Waals surface area contributed by atoms with Gasteiger partial charge in [0.05, 0.1) is 13.1 Å². The number of carboxylic acids is 4. The lowest BCUT2D eigenvalue weighted by molar-refractivity contribution is -0.382. The van der Waals surface area contributed by atoms with Crippen LogP contribution in [0.1, 0.15) is 76.7 Å². The first kappa shape index (κ1) is 42.3. The van der Waals surface area contributed by atoms with Crippen LogP contribution in [0.3, 0.4) is 0 Å². The first-order chi connectivity index (χ1) is 20.5. The predicted molar refractivity (Wildman–Crippen MR) is 159 cm³/mol. The van der Waals surface area contributed by atoms with Crippen molar-refractivity contribution in [1.29, 1.82) is 0 Å². The molecule has 0 unspecified atom stereocenters. The number of hydrogen-bond acceptors (Lipinski definition) is 8. The predicted octanol–water partition coefficient (Wildman–Crippen LogP) is -0.330. The summed E-state index contributed by atoms with van der Waals surface area (Å²) in [5, 5.41) is 55.2. The zero-order chi connectivity index (χ0) is 34.2. The largest absolute Gasteiger partial charge is 0.550 e. The molecule has 0 saturated carbocycles. The molecular formula is C32H50N2O10. The maximum atomic E-state index is 10.2. The van der Waals surface area contributed by atoms with Crippen molar-refractivity contribution in [3.63, 3.8) is 0 Å². The van der Waals surface area contributed by atoms with Gasteiger partial charge in [-0.3, -0.25) is 0 Å². The van der Waals surface area contributed by atoms with Crippen LogP contribution in [0.2, 0.25) is 0 Å². The van der Waals surface area contributed by atoms with Crippen LogP contribution < -0.4 is 21.7 Å². The van der Waals surface area contributed by atoms with Crippen LogP contribution in [0, 0.1) is 23.7 Å². The summed E-state index contributed by atoms with van der Waals surface area (Å²) < 4.78 is 0. The summed E-state index contributed by atoms with van der Waals surface area (Å²) in [4.78, 5) is 40.9. The number of aliphatic hydroxyl groups is 2.